The molecule has 6 nitrogen and oxygen atoms in total. The first-order valence-electron chi connectivity index (χ1n) is 7.80. The number of nitrogens with zero attached hydrogens (tertiary/aromatic N) is 3. The average molecular weight is 338 g/mol. The van der Waals surface area contributed by atoms with Gasteiger partial charge in [0.25, 0.3) is 0 Å². The maximum Gasteiger partial charge on any atom is 0.221 e. The topological polar surface area (TPSA) is 69.0 Å². The molecule has 2 aromatic heterocycles. The van der Waals surface area contributed by atoms with Crippen LogP contribution in [-0.2, 0) is 17.9 Å². The fraction of sp³-hybridized carbons (Fsp3) is 0.167. The minimum Gasteiger partial charge on any atom is -0.487 e. The van der Waals surface area contributed by atoms with E-state index in [2.05, 4.69) is 15.4 Å². The van der Waals surface area contributed by atoms with Crippen molar-refractivity contribution in [2.45, 2.75) is 20.1 Å². The Kier molecular flexibility index (Phi) is 3.68. The lowest BCUT2D eigenvalue weighted by Crippen LogP contribution is -2.06. The lowest BCUT2D eigenvalue weighted by atomic mass is 10.2. The predicted molar refractivity (Wildman–Crippen MR) is 89.6 cm³/mol. The van der Waals surface area contributed by atoms with Crippen molar-refractivity contribution in [2.24, 2.45) is 0 Å². The van der Waals surface area contributed by atoms with E-state index in [-0.39, 0.29) is 5.91 Å². The van der Waals surface area contributed by atoms with E-state index in [4.69, 9.17) is 4.74 Å². The minimum atomic E-state index is -0.406. The number of amides is 1. The van der Waals surface area contributed by atoms with Crippen molar-refractivity contribution in [2.75, 3.05) is 5.32 Å². The van der Waals surface area contributed by atoms with E-state index in [1.165, 1.54) is 13.1 Å². The molecular weight excluding hydrogens is 323 g/mol. The Morgan fingerprint density at radius 1 is 1.32 bits per heavy atom. The Morgan fingerprint density at radius 3 is 3.00 bits per heavy atom. The molecule has 0 saturated carbocycles. The zero-order valence-corrected chi connectivity index (χ0v) is 13.5. The molecule has 0 atom stereocenters. The van der Waals surface area contributed by atoms with Crippen LogP contribution in [-0.4, -0.2) is 20.7 Å². The molecule has 126 valence electrons. The number of hydrogen-bond acceptors (Lipinski definition) is 4. The van der Waals surface area contributed by atoms with Crippen molar-refractivity contribution >= 4 is 11.6 Å². The maximum absolute atomic E-state index is 13.9. The summed E-state index contributed by atoms with van der Waals surface area (Å²) in [6.07, 6.45) is 2.72. The van der Waals surface area contributed by atoms with Crippen molar-refractivity contribution in [3.05, 3.63) is 59.8 Å². The van der Waals surface area contributed by atoms with Gasteiger partial charge in [0.05, 0.1) is 24.1 Å². The van der Waals surface area contributed by atoms with Gasteiger partial charge in [-0.3, -0.25) is 14.5 Å². The van der Waals surface area contributed by atoms with Gasteiger partial charge < -0.3 is 10.1 Å². The highest BCUT2D eigenvalue weighted by atomic mass is 19.1. The number of aromatic nitrogens is 3. The summed E-state index contributed by atoms with van der Waals surface area (Å²) in [4.78, 5) is 14.9. The van der Waals surface area contributed by atoms with E-state index >= 15 is 0 Å². The largest absolute Gasteiger partial charge is 0.487 e. The van der Waals surface area contributed by atoms with Gasteiger partial charge in [0.1, 0.15) is 12.4 Å². The summed E-state index contributed by atoms with van der Waals surface area (Å²) in [7, 11) is 0. The molecule has 0 aliphatic carbocycles. The number of fused-ring (bicyclic) bond motifs is 2. The molecule has 1 amide bonds. The first kappa shape index (κ1) is 15.3. The highest BCUT2D eigenvalue weighted by molar-refractivity contribution is 5.88. The van der Waals surface area contributed by atoms with Gasteiger partial charge in [0.2, 0.25) is 5.91 Å². The van der Waals surface area contributed by atoms with E-state index in [1.807, 2.05) is 18.2 Å². The van der Waals surface area contributed by atoms with Crippen LogP contribution >= 0.6 is 0 Å². The summed E-state index contributed by atoms with van der Waals surface area (Å²) >= 11 is 0. The van der Waals surface area contributed by atoms with Crippen LogP contribution in [0.4, 0.5) is 10.1 Å². The van der Waals surface area contributed by atoms with Gasteiger partial charge in [-0.1, -0.05) is 6.07 Å². The van der Waals surface area contributed by atoms with Gasteiger partial charge in [-0.15, -0.1) is 0 Å². The van der Waals surface area contributed by atoms with Gasteiger partial charge in [-0.05, 0) is 18.2 Å². The van der Waals surface area contributed by atoms with Gasteiger partial charge >= 0.3 is 0 Å². The SMILES string of the molecule is CC(=O)Nc1ccc2c(c1)OCc1cc(-c3ccncc3F)nn1C2. The van der Waals surface area contributed by atoms with Gasteiger partial charge in [-0.2, -0.15) is 5.10 Å². The molecule has 7 heteroatoms. The molecule has 0 saturated heterocycles. The van der Waals surface area contributed by atoms with Crippen molar-refractivity contribution in [1.82, 2.24) is 14.8 Å². The van der Waals surface area contributed by atoms with Crippen LogP contribution in [0.15, 0.2) is 42.7 Å². The second-order valence-electron chi connectivity index (χ2n) is 5.83. The number of carbonyl (C=O) groups is 1. The summed E-state index contributed by atoms with van der Waals surface area (Å²) < 4.78 is 21.6. The third-order valence-corrected chi connectivity index (χ3v) is 3.99. The van der Waals surface area contributed by atoms with Gasteiger partial charge in [0.15, 0.2) is 5.82 Å². The van der Waals surface area contributed by atoms with Crippen LogP contribution in [0.5, 0.6) is 5.75 Å². The third-order valence-electron chi connectivity index (χ3n) is 3.99. The average Bonchev–Trinajstić information content (AvgIpc) is 2.89. The molecule has 0 spiro atoms. The second-order valence-corrected chi connectivity index (χ2v) is 5.83. The Morgan fingerprint density at radius 2 is 2.20 bits per heavy atom. The van der Waals surface area contributed by atoms with Crippen molar-refractivity contribution in [3.8, 4) is 17.0 Å². The molecule has 4 rings (SSSR count). The molecule has 0 radical (unpaired) electrons. The maximum atomic E-state index is 13.9. The molecule has 3 heterocycles. The fourth-order valence-electron chi connectivity index (χ4n) is 2.84. The Hall–Kier alpha value is -3.22. The van der Waals surface area contributed by atoms with Crippen molar-refractivity contribution in [1.29, 1.82) is 0 Å². The number of halogens is 1. The molecule has 0 unspecified atom stereocenters. The monoisotopic (exact) mass is 338 g/mol. The first-order valence-corrected chi connectivity index (χ1v) is 7.80. The summed E-state index contributed by atoms with van der Waals surface area (Å²) in [6.45, 7) is 2.29. The van der Waals surface area contributed by atoms with Crippen molar-refractivity contribution < 1.29 is 13.9 Å². The second kappa shape index (κ2) is 6.01. The highest BCUT2D eigenvalue weighted by Gasteiger charge is 2.18. The van der Waals surface area contributed by atoms with E-state index < -0.39 is 5.82 Å². The van der Waals surface area contributed by atoms with Crippen LogP contribution in [0.25, 0.3) is 11.3 Å². The number of nitrogens with one attached hydrogen (secondary N) is 1. The zero-order valence-electron chi connectivity index (χ0n) is 13.5. The molecular formula is C18H15FN4O2. The summed E-state index contributed by atoms with van der Waals surface area (Å²) in [5, 5.41) is 7.25. The zero-order chi connectivity index (χ0) is 17.4. The van der Waals surface area contributed by atoms with Crippen LogP contribution in [0.1, 0.15) is 18.2 Å². The Labute approximate surface area is 143 Å². The molecule has 1 aliphatic rings. The lowest BCUT2D eigenvalue weighted by Gasteiger charge is -2.09. The highest BCUT2D eigenvalue weighted by Crippen LogP contribution is 2.30. The number of benzene rings is 1. The number of hydrogen-bond donors (Lipinski definition) is 1. The van der Waals surface area contributed by atoms with E-state index in [0.29, 0.717) is 35.8 Å². The smallest absolute Gasteiger partial charge is 0.221 e. The molecule has 3 aromatic rings. The molecule has 0 bridgehead atoms. The third kappa shape index (κ3) is 2.96. The van der Waals surface area contributed by atoms with Crippen molar-refractivity contribution in [3.63, 3.8) is 0 Å². The normalized spacial score (nSPS) is 12.6. The Bertz CT molecular complexity index is 967. The van der Waals surface area contributed by atoms with Crippen LogP contribution < -0.4 is 10.1 Å². The quantitative estimate of drug-likeness (QED) is 0.780. The van der Waals surface area contributed by atoms with E-state index in [0.717, 1.165) is 11.3 Å². The summed E-state index contributed by atoms with van der Waals surface area (Å²) in [6, 6.07) is 8.93. The first-order chi connectivity index (χ1) is 12.1. The molecule has 1 aromatic carbocycles. The van der Waals surface area contributed by atoms with Crippen LogP contribution in [0, 0.1) is 5.82 Å². The number of anilines is 1. The van der Waals surface area contributed by atoms with E-state index in [9.17, 15) is 9.18 Å². The minimum absolute atomic E-state index is 0.134. The molecule has 0 fully saturated rings. The summed E-state index contributed by atoms with van der Waals surface area (Å²) in [5.74, 6) is 0.163. The summed E-state index contributed by atoms with van der Waals surface area (Å²) in [5.41, 5.74) is 3.44. The van der Waals surface area contributed by atoms with E-state index in [1.54, 1.807) is 23.0 Å². The predicted octanol–water partition coefficient (Wildman–Crippen LogP) is 2.98. The number of carbonyl (C=O) groups excluding carboxylic acids is 1. The van der Waals surface area contributed by atoms with Gasteiger partial charge in [0, 0.05) is 36.0 Å². The standard InChI is InChI=1S/C18H15FN4O2/c1-11(24)21-13-3-2-12-9-23-14(10-25-18(12)6-13)7-17(22-23)15-4-5-20-8-16(15)19/h2-8H,9-10H2,1H3,(H,21,24). The number of rotatable bonds is 2. The Balaban J connectivity index is 1.66. The number of ether oxygens (including phenoxy) is 1. The number of pyridine rings is 1. The van der Waals surface area contributed by atoms with Crippen LogP contribution in [0.3, 0.4) is 0 Å². The van der Waals surface area contributed by atoms with Gasteiger partial charge in [-0.25, -0.2) is 4.39 Å². The molecule has 1 aliphatic heterocycles. The molecule has 25 heavy (non-hydrogen) atoms. The fourth-order valence-corrected chi connectivity index (χ4v) is 2.84. The lowest BCUT2D eigenvalue weighted by molar-refractivity contribution is -0.114. The van der Waals surface area contributed by atoms with Crippen LogP contribution in [0.2, 0.25) is 0 Å². The molecule has 1 N–H and O–H groups in total.